The van der Waals surface area contributed by atoms with Crippen LogP contribution in [0.4, 0.5) is 0 Å². The van der Waals surface area contributed by atoms with Crippen LogP contribution < -0.4 is 0 Å². The van der Waals surface area contributed by atoms with Gasteiger partial charge in [0.1, 0.15) is 0 Å². The van der Waals surface area contributed by atoms with E-state index in [0.717, 1.165) is 22.2 Å². The Morgan fingerprint density at radius 2 is 1.72 bits per heavy atom. The van der Waals surface area contributed by atoms with Crippen molar-refractivity contribution in [3.05, 3.63) is 70.7 Å². The Hall–Kier alpha value is -1.25. The van der Waals surface area contributed by atoms with Crippen LogP contribution in [0.25, 0.3) is 0 Å². The highest BCUT2D eigenvalue weighted by Gasteiger charge is 2.21. The molecule has 0 saturated carbocycles. The van der Waals surface area contributed by atoms with E-state index in [1.807, 2.05) is 42.1 Å². The summed E-state index contributed by atoms with van der Waals surface area (Å²) < 4.78 is 0. The summed E-state index contributed by atoms with van der Waals surface area (Å²) in [7, 11) is 0. The van der Waals surface area contributed by atoms with Crippen LogP contribution in [0.15, 0.2) is 59.6 Å². The number of halogens is 1. The quantitative estimate of drug-likeness (QED) is 0.780. The lowest BCUT2D eigenvalue weighted by atomic mass is 10.1. The third-order valence-corrected chi connectivity index (χ3v) is 4.46. The highest BCUT2D eigenvalue weighted by Crippen LogP contribution is 2.37. The molecule has 0 spiro atoms. The van der Waals surface area contributed by atoms with Crippen LogP contribution in [0, 0.1) is 0 Å². The molecule has 1 aliphatic heterocycles. The molecule has 18 heavy (non-hydrogen) atoms. The fourth-order valence-corrected chi connectivity index (χ4v) is 3.23. The Labute approximate surface area is 116 Å². The van der Waals surface area contributed by atoms with Gasteiger partial charge in [0.05, 0.1) is 16.8 Å². The Bertz CT molecular complexity index is 563. The van der Waals surface area contributed by atoms with E-state index < -0.39 is 0 Å². The summed E-state index contributed by atoms with van der Waals surface area (Å²) in [5.74, 6) is 0. The second-order valence-electron chi connectivity index (χ2n) is 4.17. The van der Waals surface area contributed by atoms with Gasteiger partial charge in [-0.05, 0) is 17.7 Å². The zero-order chi connectivity index (χ0) is 12.4. The van der Waals surface area contributed by atoms with E-state index in [9.17, 15) is 0 Å². The molecule has 3 rings (SSSR count). The van der Waals surface area contributed by atoms with Gasteiger partial charge in [-0.3, -0.25) is 4.99 Å². The van der Waals surface area contributed by atoms with E-state index in [1.165, 1.54) is 5.56 Å². The molecule has 0 N–H and O–H groups in total. The first kappa shape index (κ1) is 11.8. The van der Waals surface area contributed by atoms with E-state index in [-0.39, 0.29) is 0 Å². The Morgan fingerprint density at radius 3 is 2.44 bits per heavy atom. The van der Waals surface area contributed by atoms with Crippen LogP contribution in [-0.4, -0.2) is 11.6 Å². The number of hydrogen-bond acceptors (Lipinski definition) is 2. The summed E-state index contributed by atoms with van der Waals surface area (Å²) in [5, 5.41) is 2.32. The molecule has 1 unspecified atom stereocenters. The fourth-order valence-electron chi connectivity index (χ4n) is 1.97. The van der Waals surface area contributed by atoms with Gasteiger partial charge in [0.15, 0.2) is 0 Å². The van der Waals surface area contributed by atoms with Crippen molar-refractivity contribution in [2.24, 2.45) is 4.99 Å². The number of nitrogens with zero attached hydrogens (tertiary/aromatic N) is 1. The van der Waals surface area contributed by atoms with Gasteiger partial charge in [0, 0.05) is 10.6 Å². The number of hydrogen-bond donors (Lipinski definition) is 0. The van der Waals surface area contributed by atoms with E-state index >= 15 is 0 Å². The SMILES string of the molecule is Clc1ccc(C2=NCC(c3ccccc3)S2)cc1. The molecular formula is C15H12ClNS. The Balaban J connectivity index is 1.77. The van der Waals surface area contributed by atoms with Gasteiger partial charge < -0.3 is 0 Å². The second kappa shape index (κ2) is 5.17. The predicted octanol–water partition coefficient (Wildman–Crippen LogP) is 4.57. The van der Waals surface area contributed by atoms with Crippen LogP contribution in [0.2, 0.25) is 5.02 Å². The molecule has 0 bridgehead atoms. The van der Waals surface area contributed by atoms with Crippen LogP contribution in [0.5, 0.6) is 0 Å². The minimum absolute atomic E-state index is 0.442. The van der Waals surface area contributed by atoms with Crippen LogP contribution in [0.1, 0.15) is 16.4 Å². The van der Waals surface area contributed by atoms with Gasteiger partial charge in [0.2, 0.25) is 0 Å². The highest BCUT2D eigenvalue weighted by molar-refractivity contribution is 8.14. The Morgan fingerprint density at radius 1 is 1.00 bits per heavy atom. The molecule has 0 fully saturated rings. The number of aliphatic imine (C=N–C) groups is 1. The average molecular weight is 274 g/mol. The van der Waals surface area contributed by atoms with Crippen molar-refractivity contribution >= 4 is 28.4 Å². The molecular weight excluding hydrogens is 262 g/mol. The zero-order valence-corrected chi connectivity index (χ0v) is 11.3. The molecule has 1 aliphatic rings. The van der Waals surface area contributed by atoms with Crippen molar-refractivity contribution in [2.45, 2.75) is 5.25 Å². The monoisotopic (exact) mass is 273 g/mol. The Kier molecular flexibility index (Phi) is 3.39. The van der Waals surface area contributed by atoms with Gasteiger partial charge >= 0.3 is 0 Å². The fraction of sp³-hybridized carbons (Fsp3) is 0.133. The first-order valence-electron chi connectivity index (χ1n) is 5.85. The molecule has 0 radical (unpaired) electrons. The third kappa shape index (κ3) is 2.45. The van der Waals surface area contributed by atoms with Crippen molar-refractivity contribution in [1.82, 2.24) is 0 Å². The molecule has 0 aliphatic carbocycles. The van der Waals surface area contributed by atoms with Gasteiger partial charge in [-0.1, -0.05) is 65.8 Å². The van der Waals surface area contributed by atoms with E-state index in [4.69, 9.17) is 11.6 Å². The first-order valence-corrected chi connectivity index (χ1v) is 7.11. The molecule has 0 amide bonds. The normalized spacial score (nSPS) is 18.7. The predicted molar refractivity (Wildman–Crippen MR) is 79.6 cm³/mol. The lowest BCUT2D eigenvalue weighted by Gasteiger charge is -2.08. The molecule has 1 atom stereocenters. The van der Waals surface area contributed by atoms with Crippen LogP contribution >= 0.6 is 23.4 Å². The van der Waals surface area contributed by atoms with Gasteiger partial charge in [-0.25, -0.2) is 0 Å². The zero-order valence-electron chi connectivity index (χ0n) is 9.71. The minimum Gasteiger partial charge on any atom is -0.276 e. The van der Waals surface area contributed by atoms with E-state index in [1.54, 1.807) is 0 Å². The van der Waals surface area contributed by atoms with E-state index in [2.05, 4.69) is 29.3 Å². The molecule has 2 aromatic carbocycles. The number of rotatable bonds is 2. The maximum absolute atomic E-state index is 5.90. The molecule has 0 saturated heterocycles. The van der Waals surface area contributed by atoms with Crippen LogP contribution in [0.3, 0.4) is 0 Å². The molecule has 3 heteroatoms. The summed E-state index contributed by atoms with van der Waals surface area (Å²) >= 11 is 7.73. The maximum atomic E-state index is 5.90. The van der Waals surface area contributed by atoms with Crippen molar-refractivity contribution in [1.29, 1.82) is 0 Å². The van der Waals surface area contributed by atoms with Crippen molar-refractivity contribution in [2.75, 3.05) is 6.54 Å². The molecule has 90 valence electrons. The van der Waals surface area contributed by atoms with Crippen LogP contribution in [-0.2, 0) is 0 Å². The topological polar surface area (TPSA) is 12.4 Å². The van der Waals surface area contributed by atoms with Gasteiger partial charge in [0.25, 0.3) is 0 Å². The van der Waals surface area contributed by atoms with Gasteiger partial charge in [-0.2, -0.15) is 0 Å². The summed E-state index contributed by atoms with van der Waals surface area (Å²) in [4.78, 5) is 4.63. The summed E-state index contributed by atoms with van der Waals surface area (Å²) in [6.07, 6.45) is 0. The number of thioether (sulfide) groups is 1. The van der Waals surface area contributed by atoms with Crippen molar-refractivity contribution in [3.8, 4) is 0 Å². The highest BCUT2D eigenvalue weighted by atomic mass is 35.5. The van der Waals surface area contributed by atoms with Gasteiger partial charge in [-0.15, -0.1) is 0 Å². The average Bonchev–Trinajstić information content (AvgIpc) is 2.90. The molecule has 1 nitrogen and oxygen atoms in total. The lowest BCUT2D eigenvalue weighted by Crippen LogP contribution is -1.94. The molecule has 1 heterocycles. The summed E-state index contributed by atoms with van der Waals surface area (Å²) in [6.45, 7) is 0.854. The summed E-state index contributed by atoms with van der Waals surface area (Å²) in [5.41, 5.74) is 2.50. The largest absolute Gasteiger partial charge is 0.276 e. The summed E-state index contributed by atoms with van der Waals surface area (Å²) in [6, 6.07) is 18.4. The number of benzene rings is 2. The standard InChI is InChI=1S/C15H12ClNS/c16-13-8-6-12(7-9-13)15-17-10-14(18-15)11-4-2-1-3-5-11/h1-9,14H,10H2. The smallest absolute Gasteiger partial charge is 0.0984 e. The third-order valence-electron chi connectivity index (χ3n) is 2.92. The molecule has 0 aromatic heterocycles. The maximum Gasteiger partial charge on any atom is 0.0984 e. The van der Waals surface area contributed by atoms with Crippen molar-refractivity contribution < 1.29 is 0 Å². The molecule has 2 aromatic rings. The minimum atomic E-state index is 0.442. The first-order chi connectivity index (χ1) is 8.83. The second-order valence-corrected chi connectivity index (χ2v) is 5.80. The lowest BCUT2D eigenvalue weighted by molar-refractivity contribution is 0.966. The van der Waals surface area contributed by atoms with E-state index in [0.29, 0.717) is 5.25 Å². The van der Waals surface area contributed by atoms with Crippen molar-refractivity contribution in [3.63, 3.8) is 0 Å².